The van der Waals surface area contributed by atoms with Crippen LogP contribution in [0.3, 0.4) is 0 Å². The van der Waals surface area contributed by atoms with Gasteiger partial charge in [-0.05, 0) is 12.5 Å². The van der Waals surface area contributed by atoms with Crippen LogP contribution in [-0.4, -0.2) is 73.8 Å². The van der Waals surface area contributed by atoms with E-state index in [1.165, 1.54) is 6.92 Å². The van der Waals surface area contributed by atoms with Gasteiger partial charge in [0.2, 0.25) is 0 Å². The van der Waals surface area contributed by atoms with Crippen molar-refractivity contribution < 1.29 is 57.1 Å². The first kappa shape index (κ1) is 29.7. The quantitative estimate of drug-likeness (QED) is 0.289. The first-order chi connectivity index (χ1) is 17.6. The van der Waals surface area contributed by atoms with Gasteiger partial charge in [0.05, 0.1) is 25.6 Å². The summed E-state index contributed by atoms with van der Waals surface area (Å²) in [5.74, 6) is -3.21. The molecule has 0 aliphatic carbocycles. The lowest BCUT2D eigenvalue weighted by Gasteiger charge is -2.43. The van der Waals surface area contributed by atoms with Gasteiger partial charge in [-0.3, -0.25) is 24.0 Å². The van der Waals surface area contributed by atoms with E-state index in [1.807, 2.05) is 30.3 Å². The van der Waals surface area contributed by atoms with Crippen LogP contribution in [0.5, 0.6) is 0 Å². The predicted molar refractivity (Wildman–Crippen MR) is 123 cm³/mol. The number of carbonyl (C=O) groups excluding carboxylic acids is 5. The molecule has 5 unspecified atom stereocenters. The maximum atomic E-state index is 12.0. The molecule has 1 saturated heterocycles. The number of hydrogen-bond donors (Lipinski definition) is 0. The van der Waals surface area contributed by atoms with Gasteiger partial charge in [-0.15, -0.1) is 0 Å². The number of benzene rings is 1. The van der Waals surface area contributed by atoms with Gasteiger partial charge >= 0.3 is 29.8 Å². The van der Waals surface area contributed by atoms with Crippen molar-refractivity contribution in [1.29, 1.82) is 0 Å². The minimum atomic E-state index is -1.27. The Morgan fingerprint density at radius 2 is 1.27 bits per heavy atom. The highest BCUT2D eigenvalue weighted by atomic mass is 16.7. The highest BCUT2D eigenvalue weighted by Gasteiger charge is 2.50. The number of ether oxygens (including phenoxy) is 7. The minimum Gasteiger partial charge on any atom is -0.465 e. The number of carbonyl (C=O) groups is 5. The van der Waals surface area contributed by atoms with E-state index in [4.69, 9.17) is 33.2 Å². The van der Waals surface area contributed by atoms with Gasteiger partial charge in [0.1, 0.15) is 13.2 Å². The Morgan fingerprint density at radius 3 is 1.89 bits per heavy atom. The molecule has 0 radical (unpaired) electrons. The molecule has 0 bridgehead atoms. The Balaban J connectivity index is 1.84. The van der Waals surface area contributed by atoms with E-state index in [1.54, 1.807) is 6.92 Å². The van der Waals surface area contributed by atoms with Crippen LogP contribution in [-0.2, 0) is 63.7 Å². The Morgan fingerprint density at radius 1 is 0.730 bits per heavy atom. The van der Waals surface area contributed by atoms with Crippen LogP contribution in [0.2, 0.25) is 0 Å². The summed E-state index contributed by atoms with van der Waals surface area (Å²) in [6, 6.07) is 9.15. The van der Waals surface area contributed by atoms with E-state index in [2.05, 4.69) is 0 Å². The lowest BCUT2D eigenvalue weighted by atomic mass is 9.99. The zero-order chi connectivity index (χ0) is 27.4. The predicted octanol–water partition coefficient (Wildman–Crippen LogP) is 1.61. The fraction of sp³-hybridized carbons (Fsp3) is 0.560. The van der Waals surface area contributed by atoms with Gasteiger partial charge in [-0.25, -0.2) is 0 Å². The van der Waals surface area contributed by atoms with E-state index in [0.717, 1.165) is 19.4 Å². The van der Waals surface area contributed by atoms with E-state index in [0.29, 0.717) is 0 Å². The van der Waals surface area contributed by atoms with E-state index in [9.17, 15) is 24.0 Å². The average Bonchev–Trinajstić information content (AvgIpc) is 2.82. The Kier molecular flexibility index (Phi) is 12.0. The van der Waals surface area contributed by atoms with Crippen LogP contribution < -0.4 is 0 Å². The van der Waals surface area contributed by atoms with Crippen molar-refractivity contribution in [2.45, 2.75) is 77.8 Å². The fourth-order valence-electron chi connectivity index (χ4n) is 3.49. The smallest absolute Gasteiger partial charge is 0.309 e. The molecule has 37 heavy (non-hydrogen) atoms. The zero-order valence-electron chi connectivity index (χ0n) is 21.2. The molecule has 1 aromatic rings. The molecule has 1 aliphatic heterocycles. The molecule has 1 aliphatic rings. The molecular formula is C25H32O12. The van der Waals surface area contributed by atoms with Crippen molar-refractivity contribution in [3.8, 4) is 0 Å². The van der Waals surface area contributed by atoms with Crippen LogP contribution in [0.4, 0.5) is 0 Å². The molecule has 1 heterocycles. The molecule has 0 aromatic heterocycles. The maximum Gasteiger partial charge on any atom is 0.309 e. The van der Waals surface area contributed by atoms with Crippen LogP contribution in [0, 0.1) is 0 Å². The molecule has 1 aromatic carbocycles. The summed E-state index contributed by atoms with van der Waals surface area (Å²) in [6.07, 6.45) is -5.86. The number of rotatable bonds is 12. The summed E-state index contributed by atoms with van der Waals surface area (Å²) in [5, 5.41) is 0. The normalized spacial score (nSPS) is 22.9. The first-order valence-electron chi connectivity index (χ1n) is 11.7. The third-order valence-corrected chi connectivity index (χ3v) is 5.03. The molecule has 0 amide bonds. The number of hydrogen-bond acceptors (Lipinski definition) is 12. The molecule has 2 rings (SSSR count). The third-order valence-electron chi connectivity index (χ3n) is 5.03. The SMILES string of the molecule is CC(=O)OC1C(C)OC(OCCC(=O)OCCC(=O)OCc2ccccc2)C(OC(C)=O)C1OC(C)=O. The van der Waals surface area contributed by atoms with Crippen LogP contribution in [0.1, 0.15) is 46.1 Å². The Hall–Kier alpha value is -3.51. The molecule has 0 saturated carbocycles. The highest BCUT2D eigenvalue weighted by Crippen LogP contribution is 2.29. The Bertz CT molecular complexity index is 931. The molecule has 204 valence electrons. The molecule has 5 atom stereocenters. The standard InChI is InChI=1S/C25H32O12/c1-15-22(35-16(2)26)23(36-17(3)27)24(37-18(4)28)25(34-15)32-13-11-20(29)31-12-10-21(30)33-14-19-8-6-5-7-9-19/h5-9,15,22-25H,10-14H2,1-4H3. The van der Waals surface area contributed by atoms with Gasteiger partial charge in [0, 0.05) is 20.8 Å². The van der Waals surface area contributed by atoms with E-state index >= 15 is 0 Å². The molecule has 12 heteroatoms. The van der Waals surface area contributed by atoms with E-state index in [-0.39, 0.29) is 32.7 Å². The summed E-state index contributed by atoms with van der Waals surface area (Å²) in [7, 11) is 0. The summed E-state index contributed by atoms with van der Waals surface area (Å²) in [4.78, 5) is 58.8. The summed E-state index contributed by atoms with van der Waals surface area (Å²) in [6.45, 7) is 4.79. The van der Waals surface area contributed by atoms with Crippen LogP contribution in [0.25, 0.3) is 0 Å². The maximum absolute atomic E-state index is 12.0. The largest absolute Gasteiger partial charge is 0.465 e. The van der Waals surface area contributed by atoms with Crippen molar-refractivity contribution in [1.82, 2.24) is 0 Å². The second kappa shape index (κ2) is 14.9. The lowest BCUT2D eigenvalue weighted by molar-refractivity contribution is -0.300. The van der Waals surface area contributed by atoms with Crippen molar-refractivity contribution in [2.24, 2.45) is 0 Å². The fourth-order valence-corrected chi connectivity index (χ4v) is 3.49. The zero-order valence-corrected chi connectivity index (χ0v) is 21.2. The van der Waals surface area contributed by atoms with Gasteiger partial charge in [0.25, 0.3) is 0 Å². The molecule has 12 nitrogen and oxygen atoms in total. The summed E-state index contributed by atoms with van der Waals surface area (Å²) >= 11 is 0. The monoisotopic (exact) mass is 524 g/mol. The van der Waals surface area contributed by atoms with Gasteiger partial charge in [0.15, 0.2) is 24.6 Å². The van der Waals surface area contributed by atoms with Crippen LogP contribution >= 0.6 is 0 Å². The lowest BCUT2D eigenvalue weighted by Crippen LogP contribution is -2.61. The van der Waals surface area contributed by atoms with Gasteiger partial charge < -0.3 is 33.2 Å². The van der Waals surface area contributed by atoms with Crippen molar-refractivity contribution in [3.63, 3.8) is 0 Å². The second-order valence-electron chi connectivity index (χ2n) is 8.17. The van der Waals surface area contributed by atoms with Crippen molar-refractivity contribution in [2.75, 3.05) is 13.2 Å². The molecule has 1 fully saturated rings. The summed E-state index contributed by atoms with van der Waals surface area (Å²) in [5.41, 5.74) is 0.839. The topological polar surface area (TPSA) is 150 Å². The van der Waals surface area contributed by atoms with Crippen molar-refractivity contribution >= 4 is 29.8 Å². The first-order valence-corrected chi connectivity index (χ1v) is 11.7. The summed E-state index contributed by atoms with van der Waals surface area (Å²) < 4.78 is 37.2. The van der Waals surface area contributed by atoms with Crippen LogP contribution in [0.15, 0.2) is 30.3 Å². The third kappa shape index (κ3) is 10.6. The number of esters is 5. The average molecular weight is 525 g/mol. The van der Waals surface area contributed by atoms with Gasteiger partial charge in [-0.1, -0.05) is 30.3 Å². The van der Waals surface area contributed by atoms with Crippen molar-refractivity contribution in [3.05, 3.63) is 35.9 Å². The molecule has 0 N–H and O–H groups in total. The van der Waals surface area contributed by atoms with Gasteiger partial charge in [-0.2, -0.15) is 0 Å². The highest BCUT2D eigenvalue weighted by molar-refractivity contribution is 5.72. The Labute approximate surface area is 214 Å². The van der Waals surface area contributed by atoms with E-state index < -0.39 is 60.6 Å². The minimum absolute atomic E-state index is 0.112. The second-order valence-corrected chi connectivity index (χ2v) is 8.17. The molecule has 0 spiro atoms. The molecular weight excluding hydrogens is 492 g/mol.